The Labute approximate surface area is 124 Å². The van der Waals surface area contributed by atoms with Crippen LogP contribution in [0.4, 0.5) is 4.39 Å². The minimum atomic E-state index is -1.85. The number of benzene rings is 2. The lowest BCUT2D eigenvalue weighted by atomic mass is 9.95. The molecule has 0 amide bonds. The number of aliphatic hydroxyl groups is 1. The summed E-state index contributed by atoms with van der Waals surface area (Å²) in [5.74, 6) is -2.16. The average Bonchev–Trinajstić information content (AvgIpc) is 2.41. The zero-order valence-corrected chi connectivity index (χ0v) is 11.5. The van der Waals surface area contributed by atoms with Crippen molar-refractivity contribution in [2.75, 3.05) is 0 Å². The molecule has 0 heterocycles. The second-order valence-electron chi connectivity index (χ2n) is 4.05. The second kappa shape index (κ2) is 5.79. The van der Waals surface area contributed by atoms with Gasteiger partial charge in [0.05, 0.1) is 10.0 Å². The number of rotatable bonds is 3. The first-order valence-corrected chi connectivity index (χ1v) is 6.32. The van der Waals surface area contributed by atoms with E-state index in [9.17, 15) is 14.3 Å². The van der Waals surface area contributed by atoms with Gasteiger partial charge in [0.1, 0.15) is 5.82 Å². The van der Waals surface area contributed by atoms with Crippen molar-refractivity contribution in [3.8, 4) is 11.1 Å². The Morgan fingerprint density at radius 1 is 1.15 bits per heavy atom. The molecule has 3 nitrogen and oxygen atoms in total. The molecule has 20 heavy (non-hydrogen) atoms. The van der Waals surface area contributed by atoms with Gasteiger partial charge in [-0.3, -0.25) is 0 Å². The minimum absolute atomic E-state index is 0.0742. The van der Waals surface area contributed by atoms with Crippen molar-refractivity contribution in [3.05, 3.63) is 57.8 Å². The number of halogens is 3. The van der Waals surface area contributed by atoms with E-state index in [2.05, 4.69) is 0 Å². The highest BCUT2D eigenvalue weighted by Gasteiger charge is 2.24. The molecule has 0 aliphatic rings. The Morgan fingerprint density at radius 2 is 1.80 bits per heavy atom. The molecule has 2 aromatic rings. The molecule has 0 fully saturated rings. The maximum Gasteiger partial charge on any atom is 0.337 e. The summed E-state index contributed by atoms with van der Waals surface area (Å²) in [7, 11) is 0. The molecule has 0 spiro atoms. The number of hydrogen-bond donors (Lipinski definition) is 2. The van der Waals surface area contributed by atoms with Crippen LogP contribution in [0.3, 0.4) is 0 Å². The van der Waals surface area contributed by atoms with Crippen molar-refractivity contribution in [3.63, 3.8) is 0 Å². The van der Waals surface area contributed by atoms with Gasteiger partial charge < -0.3 is 10.2 Å². The number of carbonyl (C=O) groups is 1. The van der Waals surface area contributed by atoms with Gasteiger partial charge in [-0.05, 0) is 12.1 Å². The topological polar surface area (TPSA) is 57.5 Å². The Balaban J connectivity index is 2.73. The van der Waals surface area contributed by atoms with E-state index in [-0.39, 0.29) is 26.7 Å². The van der Waals surface area contributed by atoms with Crippen molar-refractivity contribution in [2.24, 2.45) is 0 Å². The van der Waals surface area contributed by atoms with Crippen molar-refractivity contribution in [2.45, 2.75) is 6.10 Å². The van der Waals surface area contributed by atoms with E-state index in [1.165, 1.54) is 24.3 Å². The van der Waals surface area contributed by atoms with Crippen LogP contribution in [-0.4, -0.2) is 16.2 Å². The monoisotopic (exact) mass is 314 g/mol. The summed E-state index contributed by atoms with van der Waals surface area (Å²) in [6.45, 7) is 0. The molecular weight excluding hydrogens is 306 g/mol. The van der Waals surface area contributed by atoms with Gasteiger partial charge in [0.15, 0.2) is 6.10 Å². The lowest BCUT2D eigenvalue weighted by Gasteiger charge is -2.15. The Hall–Kier alpha value is -1.62. The molecule has 2 N–H and O–H groups in total. The molecule has 1 unspecified atom stereocenters. The number of aliphatic hydroxyl groups excluding tert-OH is 1. The predicted molar refractivity (Wildman–Crippen MR) is 74.5 cm³/mol. The molecule has 2 aromatic carbocycles. The largest absolute Gasteiger partial charge is 0.479 e. The van der Waals surface area contributed by atoms with Gasteiger partial charge in [0.25, 0.3) is 0 Å². The Kier molecular flexibility index (Phi) is 4.28. The lowest BCUT2D eigenvalue weighted by molar-refractivity contribution is -0.146. The molecule has 2 rings (SSSR count). The molecule has 0 aromatic heterocycles. The van der Waals surface area contributed by atoms with E-state index in [0.29, 0.717) is 0 Å². The van der Waals surface area contributed by atoms with Crippen molar-refractivity contribution in [1.82, 2.24) is 0 Å². The van der Waals surface area contributed by atoms with Gasteiger partial charge in [-0.1, -0.05) is 47.5 Å². The highest BCUT2D eigenvalue weighted by atomic mass is 35.5. The first-order chi connectivity index (χ1) is 9.43. The SMILES string of the molecule is O=C(O)C(O)c1cccc(F)c1-c1cccc(Cl)c1Cl. The molecule has 0 bridgehead atoms. The van der Waals surface area contributed by atoms with E-state index in [0.717, 1.165) is 6.07 Å². The lowest BCUT2D eigenvalue weighted by Crippen LogP contribution is -2.12. The molecule has 6 heteroatoms. The van der Waals surface area contributed by atoms with Gasteiger partial charge in [-0.2, -0.15) is 0 Å². The van der Waals surface area contributed by atoms with Crippen LogP contribution < -0.4 is 0 Å². The number of carboxylic acids is 1. The van der Waals surface area contributed by atoms with E-state index < -0.39 is 17.9 Å². The summed E-state index contributed by atoms with van der Waals surface area (Å²) in [5, 5.41) is 18.9. The third kappa shape index (κ3) is 2.63. The van der Waals surface area contributed by atoms with Gasteiger partial charge in [-0.25, -0.2) is 9.18 Å². The summed E-state index contributed by atoms with van der Waals surface area (Å²) in [6, 6.07) is 8.40. The number of hydrogen-bond acceptors (Lipinski definition) is 2. The molecule has 0 saturated heterocycles. The third-order valence-electron chi connectivity index (χ3n) is 2.80. The summed E-state index contributed by atoms with van der Waals surface area (Å²) in [5.41, 5.74) is 0.0733. The maximum atomic E-state index is 14.1. The molecule has 0 aliphatic carbocycles. The summed E-state index contributed by atoms with van der Waals surface area (Å²) >= 11 is 11.9. The first-order valence-electron chi connectivity index (χ1n) is 5.57. The molecule has 0 saturated carbocycles. The fraction of sp³-hybridized carbons (Fsp3) is 0.0714. The van der Waals surface area contributed by atoms with Gasteiger partial charge in [0.2, 0.25) is 0 Å². The smallest absolute Gasteiger partial charge is 0.337 e. The van der Waals surface area contributed by atoms with Gasteiger partial charge >= 0.3 is 5.97 Å². The van der Waals surface area contributed by atoms with Crippen LogP contribution in [-0.2, 0) is 4.79 Å². The zero-order valence-electron chi connectivity index (χ0n) is 9.98. The van der Waals surface area contributed by atoms with E-state index in [4.69, 9.17) is 28.3 Å². The second-order valence-corrected chi connectivity index (χ2v) is 4.83. The highest BCUT2D eigenvalue weighted by Crippen LogP contribution is 2.38. The molecule has 104 valence electrons. The van der Waals surface area contributed by atoms with Crippen LogP contribution in [0, 0.1) is 5.82 Å². The fourth-order valence-corrected chi connectivity index (χ4v) is 2.28. The third-order valence-corrected chi connectivity index (χ3v) is 3.61. The van der Waals surface area contributed by atoms with Crippen molar-refractivity contribution < 1.29 is 19.4 Å². The van der Waals surface area contributed by atoms with Crippen LogP contribution >= 0.6 is 23.2 Å². The van der Waals surface area contributed by atoms with Crippen LogP contribution in [0.15, 0.2) is 36.4 Å². The number of carboxylic acid groups (broad SMARTS) is 1. The van der Waals surface area contributed by atoms with Gasteiger partial charge in [0, 0.05) is 16.7 Å². The summed E-state index contributed by atoms with van der Waals surface area (Å²) in [4.78, 5) is 10.9. The van der Waals surface area contributed by atoms with Crippen LogP contribution in [0.1, 0.15) is 11.7 Å². The highest BCUT2D eigenvalue weighted by molar-refractivity contribution is 6.43. The quantitative estimate of drug-likeness (QED) is 0.902. The molecular formula is C14H9Cl2FO3. The predicted octanol–water partition coefficient (Wildman–Crippen LogP) is 3.92. The maximum absolute atomic E-state index is 14.1. The molecule has 1 atom stereocenters. The van der Waals surface area contributed by atoms with Gasteiger partial charge in [-0.15, -0.1) is 0 Å². The molecule has 0 aliphatic heterocycles. The first kappa shape index (κ1) is 14.8. The minimum Gasteiger partial charge on any atom is -0.479 e. The van der Waals surface area contributed by atoms with E-state index in [1.807, 2.05) is 0 Å². The normalized spacial score (nSPS) is 12.2. The van der Waals surface area contributed by atoms with Crippen molar-refractivity contribution >= 4 is 29.2 Å². The fourth-order valence-electron chi connectivity index (χ4n) is 1.88. The van der Waals surface area contributed by atoms with E-state index in [1.54, 1.807) is 6.07 Å². The average molecular weight is 315 g/mol. The number of aliphatic carboxylic acids is 1. The van der Waals surface area contributed by atoms with Crippen LogP contribution in [0.25, 0.3) is 11.1 Å². The standard InChI is InChI=1S/C14H9Cl2FO3/c15-9-5-1-3-7(12(9)16)11-8(13(18)14(19)20)4-2-6-10(11)17/h1-6,13,18H,(H,19,20). The Bertz CT molecular complexity index is 673. The van der Waals surface area contributed by atoms with E-state index >= 15 is 0 Å². The van der Waals surface area contributed by atoms with Crippen LogP contribution in [0.5, 0.6) is 0 Å². The zero-order chi connectivity index (χ0) is 14.9. The van der Waals surface area contributed by atoms with Crippen LogP contribution in [0.2, 0.25) is 10.0 Å². The Morgan fingerprint density at radius 3 is 2.45 bits per heavy atom. The molecule has 0 radical (unpaired) electrons. The van der Waals surface area contributed by atoms with Crippen molar-refractivity contribution in [1.29, 1.82) is 0 Å². The summed E-state index contributed by atoms with van der Waals surface area (Å²) in [6.07, 6.45) is -1.85. The summed E-state index contributed by atoms with van der Waals surface area (Å²) < 4.78 is 14.1.